The third-order valence-electron chi connectivity index (χ3n) is 1.84. The first kappa shape index (κ1) is 12.7. The lowest BCUT2D eigenvalue weighted by Crippen LogP contribution is -2.28. The number of ether oxygens (including phenoxy) is 1. The number of esters is 1. The number of amides is 1. The van der Waals surface area contributed by atoms with E-state index in [9.17, 15) is 14.4 Å². The van der Waals surface area contributed by atoms with Crippen molar-refractivity contribution in [2.24, 2.45) is 0 Å². The second-order valence-corrected chi connectivity index (χ2v) is 3.22. The molecule has 0 radical (unpaired) electrons. The topological polar surface area (TPSA) is 83.9 Å². The smallest absolute Gasteiger partial charge is 0.323 e. The van der Waals surface area contributed by atoms with Gasteiger partial charge in [-0.3, -0.25) is 14.4 Å². The lowest BCUT2D eigenvalue weighted by atomic mass is 10.3. The highest BCUT2D eigenvalue weighted by Gasteiger charge is 2.10. The molecule has 0 aliphatic heterocycles. The van der Waals surface area contributed by atoms with Crippen LogP contribution in [0.15, 0.2) is 24.3 Å². The molecule has 1 aromatic rings. The average molecular weight is 237 g/mol. The number of benzene rings is 1. The summed E-state index contributed by atoms with van der Waals surface area (Å²) in [4.78, 5) is 33.0. The van der Waals surface area contributed by atoms with E-state index in [1.54, 1.807) is 12.1 Å². The van der Waals surface area contributed by atoms with Crippen LogP contribution in [0.1, 0.15) is 6.92 Å². The van der Waals surface area contributed by atoms with Crippen molar-refractivity contribution in [2.75, 3.05) is 11.4 Å². The van der Waals surface area contributed by atoms with Crippen molar-refractivity contribution >= 4 is 24.0 Å². The number of rotatable bonds is 5. The third-order valence-corrected chi connectivity index (χ3v) is 1.84. The molecule has 0 unspecified atom stereocenters. The minimum absolute atomic E-state index is 0.257. The molecular formula is C11H11NO5. The predicted molar refractivity (Wildman–Crippen MR) is 58.8 cm³/mol. The van der Waals surface area contributed by atoms with E-state index >= 15 is 0 Å². The molecule has 0 saturated carbocycles. The first-order valence-corrected chi connectivity index (χ1v) is 4.75. The lowest BCUT2D eigenvalue weighted by Gasteiger charge is -2.15. The van der Waals surface area contributed by atoms with Crippen LogP contribution in [0.25, 0.3) is 0 Å². The summed E-state index contributed by atoms with van der Waals surface area (Å²) in [6, 6.07) is 6.06. The number of carbonyl (C=O) groups is 3. The van der Waals surface area contributed by atoms with Gasteiger partial charge in [0.1, 0.15) is 12.3 Å². The lowest BCUT2D eigenvalue weighted by molar-refractivity contribution is -0.136. The van der Waals surface area contributed by atoms with Gasteiger partial charge in [-0.05, 0) is 12.1 Å². The number of anilines is 1. The number of carboxylic acid groups (broad SMARTS) is 1. The van der Waals surface area contributed by atoms with Crippen LogP contribution in [0.2, 0.25) is 0 Å². The molecule has 0 aromatic heterocycles. The number of hydrogen-bond donors (Lipinski definition) is 1. The van der Waals surface area contributed by atoms with E-state index in [4.69, 9.17) is 9.84 Å². The van der Waals surface area contributed by atoms with E-state index in [0.29, 0.717) is 12.1 Å². The van der Waals surface area contributed by atoms with Gasteiger partial charge in [-0.2, -0.15) is 0 Å². The monoisotopic (exact) mass is 237 g/mol. The third kappa shape index (κ3) is 3.94. The Morgan fingerprint density at radius 3 is 2.71 bits per heavy atom. The molecule has 90 valence electrons. The zero-order chi connectivity index (χ0) is 12.8. The van der Waals surface area contributed by atoms with E-state index in [1.165, 1.54) is 19.1 Å². The highest BCUT2D eigenvalue weighted by molar-refractivity contribution is 5.85. The number of nitrogens with zero attached hydrogens (tertiary/aromatic N) is 1. The van der Waals surface area contributed by atoms with E-state index in [2.05, 4.69) is 0 Å². The predicted octanol–water partition coefficient (Wildman–Crippen LogP) is 0.659. The fourth-order valence-electron chi connectivity index (χ4n) is 1.23. The molecule has 6 heteroatoms. The molecule has 1 aromatic carbocycles. The highest BCUT2D eigenvalue weighted by atomic mass is 16.5. The van der Waals surface area contributed by atoms with Gasteiger partial charge in [-0.1, -0.05) is 6.07 Å². The Morgan fingerprint density at radius 1 is 1.47 bits per heavy atom. The molecule has 0 spiro atoms. The molecule has 0 aliphatic carbocycles. The minimum Gasteiger partial charge on any atom is -0.480 e. The van der Waals surface area contributed by atoms with Crippen molar-refractivity contribution < 1.29 is 24.2 Å². The largest absolute Gasteiger partial charge is 0.480 e. The van der Waals surface area contributed by atoms with Crippen molar-refractivity contribution in [1.82, 2.24) is 0 Å². The summed E-state index contributed by atoms with van der Waals surface area (Å²) in [5, 5.41) is 8.61. The van der Waals surface area contributed by atoms with Crippen LogP contribution in [0.3, 0.4) is 0 Å². The molecule has 17 heavy (non-hydrogen) atoms. The molecule has 0 heterocycles. The van der Waals surface area contributed by atoms with Crippen LogP contribution in [-0.4, -0.2) is 30.0 Å². The quantitative estimate of drug-likeness (QED) is 0.462. The second kappa shape index (κ2) is 5.64. The molecule has 0 fully saturated rings. The van der Waals surface area contributed by atoms with Gasteiger partial charge in [0, 0.05) is 18.7 Å². The van der Waals surface area contributed by atoms with E-state index < -0.39 is 18.5 Å². The number of carbonyl (C=O) groups excluding carboxylic acids is 2. The molecule has 1 amide bonds. The zero-order valence-electron chi connectivity index (χ0n) is 9.12. The Bertz CT molecular complexity index is 443. The molecular weight excluding hydrogens is 226 g/mol. The van der Waals surface area contributed by atoms with Crippen LogP contribution in [0.4, 0.5) is 5.69 Å². The molecule has 0 atom stereocenters. The summed E-state index contributed by atoms with van der Waals surface area (Å²) >= 11 is 0. The number of aliphatic carboxylic acids is 1. The molecule has 0 saturated heterocycles. The first-order chi connectivity index (χ1) is 8.02. The molecule has 0 aliphatic rings. The summed E-state index contributed by atoms with van der Waals surface area (Å²) in [6.07, 6.45) is 0.404. The van der Waals surface area contributed by atoms with Crippen molar-refractivity contribution in [1.29, 1.82) is 0 Å². The summed E-state index contributed by atoms with van der Waals surface area (Å²) in [5.74, 6) is -1.36. The summed E-state index contributed by atoms with van der Waals surface area (Å²) in [5.41, 5.74) is 0.348. The maximum Gasteiger partial charge on any atom is 0.323 e. The van der Waals surface area contributed by atoms with Crippen LogP contribution in [0.5, 0.6) is 5.75 Å². The number of hydrogen-bond acceptors (Lipinski definition) is 4. The fourth-order valence-corrected chi connectivity index (χ4v) is 1.23. The molecule has 1 N–H and O–H groups in total. The Morgan fingerprint density at radius 2 is 2.18 bits per heavy atom. The van der Waals surface area contributed by atoms with E-state index in [0.717, 1.165) is 4.90 Å². The molecule has 0 bridgehead atoms. The fraction of sp³-hybridized carbons (Fsp3) is 0.182. The maximum atomic E-state index is 10.7. The Kier molecular flexibility index (Phi) is 4.21. The van der Waals surface area contributed by atoms with Crippen LogP contribution in [-0.2, 0) is 14.4 Å². The second-order valence-electron chi connectivity index (χ2n) is 3.22. The van der Waals surface area contributed by atoms with Gasteiger partial charge in [0.05, 0.1) is 0 Å². The van der Waals surface area contributed by atoms with Crippen molar-refractivity contribution in [3.05, 3.63) is 24.3 Å². The SMILES string of the molecule is CC(=O)Oc1cccc(N(C=O)CC(=O)O)c1. The molecule has 6 nitrogen and oxygen atoms in total. The van der Waals surface area contributed by atoms with Gasteiger partial charge in [-0.25, -0.2) is 0 Å². The van der Waals surface area contributed by atoms with Gasteiger partial charge >= 0.3 is 11.9 Å². The maximum absolute atomic E-state index is 10.7. The van der Waals surface area contributed by atoms with Crippen LogP contribution < -0.4 is 9.64 Å². The van der Waals surface area contributed by atoms with Gasteiger partial charge in [0.25, 0.3) is 0 Å². The van der Waals surface area contributed by atoms with Gasteiger partial charge in [0.15, 0.2) is 0 Å². The van der Waals surface area contributed by atoms with Crippen LogP contribution in [0, 0.1) is 0 Å². The van der Waals surface area contributed by atoms with Crippen molar-refractivity contribution in [2.45, 2.75) is 6.92 Å². The normalized spacial score (nSPS) is 9.47. The van der Waals surface area contributed by atoms with Gasteiger partial charge < -0.3 is 14.7 Å². The Hall–Kier alpha value is -2.37. The Balaban J connectivity index is 2.92. The summed E-state index contributed by atoms with van der Waals surface area (Å²) in [7, 11) is 0. The van der Waals surface area contributed by atoms with E-state index in [-0.39, 0.29) is 5.75 Å². The first-order valence-electron chi connectivity index (χ1n) is 4.75. The minimum atomic E-state index is -1.13. The van der Waals surface area contributed by atoms with Crippen molar-refractivity contribution in [3.8, 4) is 5.75 Å². The Labute approximate surface area is 97.4 Å². The molecule has 1 rings (SSSR count). The number of carboxylic acids is 1. The van der Waals surface area contributed by atoms with E-state index in [1.807, 2.05) is 0 Å². The standard InChI is InChI=1S/C11H11NO5/c1-8(14)17-10-4-2-3-9(5-10)12(7-13)6-11(15)16/h2-5,7H,6H2,1H3,(H,15,16). The van der Waals surface area contributed by atoms with Gasteiger partial charge in [0.2, 0.25) is 6.41 Å². The van der Waals surface area contributed by atoms with Crippen LogP contribution >= 0.6 is 0 Å². The average Bonchev–Trinajstić information content (AvgIpc) is 2.25. The summed E-state index contributed by atoms with van der Waals surface area (Å²) in [6.45, 7) is 0.800. The van der Waals surface area contributed by atoms with Gasteiger partial charge in [-0.15, -0.1) is 0 Å². The summed E-state index contributed by atoms with van der Waals surface area (Å²) < 4.78 is 4.83. The van der Waals surface area contributed by atoms with Crippen molar-refractivity contribution in [3.63, 3.8) is 0 Å². The zero-order valence-corrected chi connectivity index (χ0v) is 9.12. The highest BCUT2D eigenvalue weighted by Crippen LogP contribution is 2.20.